The second kappa shape index (κ2) is 10.2. The van der Waals surface area contributed by atoms with Crippen LogP contribution >= 0.6 is 0 Å². The van der Waals surface area contributed by atoms with Crippen molar-refractivity contribution in [2.24, 2.45) is 23.7 Å². The molecule has 8 nitrogen and oxygen atoms in total. The highest BCUT2D eigenvalue weighted by Crippen LogP contribution is 2.55. The Labute approximate surface area is 219 Å². The average Bonchev–Trinajstić information content (AvgIpc) is 3.50. The summed E-state index contributed by atoms with van der Waals surface area (Å²) in [6, 6.07) is 6.82. The number of amides is 3. The first-order valence-corrected chi connectivity index (χ1v) is 13.6. The predicted molar refractivity (Wildman–Crippen MR) is 140 cm³/mol. The number of carbonyl (C=O) groups is 3. The minimum Gasteiger partial charge on any atom is -0.385 e. The summed E-state index contributed by atoms with van der Waals surface area (Å²) in [6.45, 7) is 7.23. The third-order valence-corrected chi connectivity index (χ3v) is 8.99. The van der Waals surface area contributed by atoms with Crippen molar-refractivity contribution < 1.29 is 23.9 Å². The number of nitrogens with zero attached hydrogens (tertiary/aromatic N) is 1. The van der Waals surface area contributed by atoms with Gasteiger partial charge in [0.15, 0.2) is 0 Å². The second-order valence-corrected chi connectivity index (χ2v) is 11.3. The SMILES string of the molecule is COCCCN1C(=O)[C@H]2[C@H](C(=O)Nc3cccc(C)c3)[C@H]3C=C[C@@]2(O3)[C@@H]1C(=O)N[C@@H]1CCC[C@@H](C)[C@@H]1C. The number of rotatable bonds is 8. The normalized spacial score (nSPS) is 36.1. The van der Waals surface area contributed by atoms with Crippen LogP contribution in [0.5, 0.6) is 0 Å². The quantitative estimate of drug-likeness (QED) is 0.415. The van der Waals surface area contributed by atoms with Gasteiger partial charge in [-0.15, -0.1) is 0 Å². The molecule has 0 aromatic heterocycles. The van der Waals surface area contributed by atoms with E-state index in [-0.39, 0.29) is 23.8 Å². The molecule has 0 radical (unpaired) electrons. The van der Waals surface area contributed by atoms with E-state index in [2.05, 4.69) is 24.5 Å². The van der Waals surface area contributed by atoms with Gasteiger partial charge >= 0.3 is 0 Å². The maximum absolute atomic E-state index is 13.9. The van der Waals surface area contributed by atoms with E-state index < -0.39 is 29.6 Å². The van der Waals surface area contributed by atoms with Crippen LogP contribution in [0, 0.1) is 30.6 Å². The number of aryl methyl sites for hydroxylation is 1. The number of methoxy groups -OCH3 is 1. The average molecular weight is 510 g/mol. The molecule has 1 aromatic carbocycles. The van der Waals surface area contributed by atoms with Crippen LogP contribution in [0.15, 0.2) is 36.4 Å². The van der Waals surface area contributed by atoms with Crippen molar-refractivity contribution in [3.05, 3.63) is 42.0 Å². The fraction of sp³-hybridized carbons (Fsp3) is 0.621. The molecule has 4 aliphatic rings. The highest BCUT2D eigenvalue weighted by Gasteiger charge is 2.72. The van der Waals surface area contributed by atoms with Gasteiger partial charge in [0.05, 0.1) is 17.9 Å². The van der Waals surface area contributed by atoms with E-state index in [0.29, 0.717) is 37.1 Å². The lowest BCUT2D eigenvalue weighted by Crippen LogP contribution is -2.58. The van der Waals surface area contributed by atoms with Gasteiger partial charge in [-0.05, 0) is 49.3 Å². The van der Waals surface area contributed by atoms with Crippen LogP contribution in [-0.4, -0.2) is 66.7 Å². The summed E-state index contributed by atoms with van der Waals surface area (Å²) >= 11 is 0. The molecule has 37 heavy (non-hydrogen) atoms. The number of nitrogens with one attached hydrogen (secondary N) is 2. The van der Waals surface area contributed by atoms with Gasteiger partial charge < -0.3 is 25.0 Å². The zero-order valence-corrected chi connectivity index (χ0v) is 22.2. The smallest absolute Gasteiger partial charge is 0.246 e. The second-order valence-electron chi connectivity index (χ2n) is 11.3. The largest absolute Gasteiger partial charge is 0.385 e. The van der Waals surface area contributed by atoms with Gasteiger partial charge in [-0.2, -0.15) is 0 Å². The fourth-order valence-corrected chi connectivity index (χ4v) is 6.88. The molecule has 0 unspecified atom stereocenters. The Morgan fingerprint density at radius 1 is 1.22 bits per heavy atom. The molecular weight excluding hydrogens is 470 g/mol. The van der Waals surface area contributed by atoms with Crippen LogP contribution in [0.1, 0.15) is 45.1 Å². The molecule has 3 heterocycles. The first-order chi connectivity index (χ1) is 17.8. The Morgan fingerprint density at radius 3 is 2.78 bits per heavy atom. The molecule has 1 aromatic rings. The Kier molecular flexibility index (Phi) is 7.16. The number of likely N-dealkylation sites (tertiary alicyclic amines) is 1. The van der Waals surface area contributed by atoms with Crippen LogP contribution in [0.4, 0.5) is 5.69 Å². The van der Waals surface area contributed by atoms with E-state index in [1.165, 1.54) is 0 Å². The van der Waals surface area contributed by atoms with E-state index in [0.717, 1.165) is 24.8 Å². The van der Waals surface area contributed by atoms with Crippen LogP contribution in [0.2, 0.25) is 0 Å². The van der Waals surface area contributed by atoms with Crippen molar-refractivity contribution in [2.45, 2.75) is 70.2 Å². The number of hydrogen-bond acceptors (Lipinski definition) is 5. The number of ether oxygens (including phenoxy) is 2. The monoisotopic (exact) mass is 509 g/mol. The number of carbonyl (C=O) groups excluding carboxylic acids is 3. The van der Waals surface area contributed by atoms with Crippen molar-refractivity contribution in [1.29, 1.82) is 0 Å². The Morgan fingerprint density at radius 2 is 2.03 bits per heavy atom. The first-order valence-electron chi connectivity index (χ1n) is 13.6. The summed E-state index contributed by atoms with van der Waals surface area (Å²) in [5.74, 6) is -1.20. The van der Waals surface area contributed by atoms with Crippen molar-refractivity contribution in [2.75, 3.05) is 25.6 Å². The lowest BCUT2D eigenvalue weighted by atomic mass is 9.73. The van der Waals surface area contributed by atoms with Gasteiger partial charge in [0.1, 0.15) is 11.6 Å². The molecule has 8 atom stereocenters. The molecule has 2 bridgehead atoms. The molecule has 2 N–H and O–H groups in total. The standard InChI is InChI=1S/C29H39N3O5/c1-17-8-5-10-20(16-17)30-26(33)23-22-12-13-29(37-22)24(23)28(35)32(14-7-15-36-4)25(29)27(34)31-21-11-6-9-18(2)19(21)3/h5,8,10,12-13,16,18-19,21-25H,6-7,9,11,14-15H2,1-4H3,(H,30,33)(H,31,34)/t18-,19+,21-,22-,23-,24-,25+,29+/m1/s1. The van der Waals surface area contributed by atoms with Gasteiger partial charge in [-0.1, -0.05) is 51.0 Å². The van der Waals surface area contributed by atoms with E-state index in [9.17, 15) is 14.4 Å². The summed E-state index contributed by atoms with van der Waals surface area (Å²) in [4.78, 5) is 43.0. The molecule has 5 rings (SSSR count). The third-order valence-electron chi connectivity index (χ3n) is 8.99. The molecule has 8 heteroatoms. The highest BCUT2D eigenvalue weighted by atomic mass is 16.5. The summed E-state index contributed by atoms with van der Waals surface area (Å²) in [5, 5.41) is 6.27. The third kappa shape index (κ3) is 4.48. The van der Waals surface area contributed by atoms with Gasteiger partial charge in [0.2, 0.25) is 17.7 Å². The Hall–Kier alpha value is -2.71. The lowest BCUT2D eigenvalue weighted by Gasteiger charge is -2.38. The Balaban J connectivity index is 1.42. The number of fused-ring (bicyclic) bond motifs is 1. The van der Waals surface area contributed by atoms with Crippen LogP contribution in [-0.2, 0) is 23.9 Å². The van der Waals surface area contributed by atoms with Crippen molar-refractivity contribution >= 4 is 23.4 Å². The van der Waals surface area contributed by atoms with Gasteiger partial charge in [0, 0.05) is 32.0 Å². The van der Waals surface area contributed by atoms with E-state index in [4.69, 9.17) is 9.47 Å². The van der Waals surface area contributed by atoms with Gasteiger partial charge in [-0.3, -0.25) is 14.4 Å². The maximum Gasteiger partial charge on any atom is 0.246 e. The van der Waals surface area contributed by atoms with Crippen LogP contribution < -0.4 is 10.6 Å². The highest BCUT2D eigenvalue weighted by molar-refractivity contribution is 6.02. The lowest BCUT2D eigenvalue weighted by molar-refractivity contribution is -0.141. The van der Waals surface area contributed by atoms with Crippen molar-refractivity contribution in [3.63, 3.8) is 0 Å². The van der Waals surface area contributed by atoms with E-state index >= 15 is 0 Å². The minimum atomic E-state index is -1.14. The van der Waals surface area contributed by atoms with Crippen molar-refractivity contribution in [1.82, 2.24) is 10.2 Å². The molecule has 1 aliphatic carbocycles. The topological polar surface area (TPSA) is 97.0 Å². The number of benzene rings is 1. The molecule has 1 spiro atoms. The molecule has 3 aliphatic heterocycles. The zero-order chi connectivity index (χ0) is 26.3. The van der Waals surface area contributed by atoms with Gasteiger partial charge in [-0.25, -0.2) is 0 Å². The summed E-state index contributed by atoms with van der Waals surface area (Å²) in [5.41, 5.74) is 0.572. The summed E-state index contributed by atoms with van der Waals surface area (Å²) < 4.78 is 11.7. The number of anilines is 1. The molecule has 200 valence electrons. The summed E-state index contributed by atoms with van der Waals surface area (Å²) in [7, 11) is 1.62. The van der Waals surface area contributed by atoms with Crippen LogP contribution in [0.3, 0.4) is 0 Å². The maximum atomic E-state index is 13.9. The zero-order valence-electron chi connectivity index (χ0n) is 22.2. The van der Waals surface area contributed by atoms with E-state index in [1.807, 2.05) is 43.3 Å². The van der Waals surface area contributed by atoms with Crippen molar-refractivity contribution in [3.8, 4) is 0 Å². The summed E-state index contributed by atoms with van der Waals surface area (Å²) in [6.07, 6.45) is 6.95. The molecular formula is C29H39N3O5. The number of hydrogen-bond donors (Lipinski definition) is 2. The molecule has 1 saturated carbocycles. The first kappa shape index (κ1) is 25.9. The molecule has 3 fully saturated rings. The van der Waals surface area contributed by atoms with Crippen LogP contribution in [0.25, 0.3) is 0 Å². The van der Waals surface area contributed by atoms with E-state index in [1.54, 1.807) is 12.0 Å². The predicted octanol–water partition coefficient (Wildman–Crippen LogP) is 3.06. The minimum absolute atomic E-state index is 0.0608. The molecule has 2 saturated heterocycles. The molecule has 3 amide bonds. The fourth-order valence-electron chi connectivity index (χ4n) is 6.88. The Bertz CT molecular complexity index is 1090. The van der Waals surface area contributed by atoms with Gasteiger partial charge in [0.25, 0.3) is 0 Å².